The van der Waals surface area contributed by atoms with Crippen molar-refractivity contribution < 1.29 is 4.42 Å². The molecule has 2 aromatic heterocycles. The summed E-state index contributed by atoms with van der Waals surface area (Å²) in [6.45, 7) is 4.63. The highest BCUT2D eigenvalue weighted by Crippen LogP contribution is 2.50. The van der Waals surface area contributed by atoms with E-state index in [1.165, 1.54) is 22.3 Å². The third kappa shape index (κ3) is 4.10. The summed E-state index contributed by atoms with van der Waals surface area (Å²) in [5.41, 5.74) is 11.6. The minimum Gasteiger partial charge on any atom is -0.455 e. The largest absolute Gasteiger partial charge is 0.455 e. The van der Waals surface area contributed by atoms with Crippen LogP contribution >= 0.6 is 0 Å². The second-order valence-corrected chi connectivity index (χ2v) is 13.4. The summed E-state index contributed by atoms with van der Waals surface area (Å²) in [4.78, 5) is 12.9. The number of rotatable bonds is 4. The molecule has 49 heavy (non-hydrogen) atoms. The zero-order valence-electron chi connectivity index (χ0n) is 27.2. The smallest absolute Gasteiger partial charge is 0.235 e. The van der Waals surface area contributed by atoms with E-state index in [0.29, 0.717) is 5.95 Å². The van der Waals surface area contributed by atoms with E-state index in [-0.39, 0.29) is 5.41 Å². The van der Waals surface area contributed by atoms with Crippen LogP contribution in [0.3, 0.4) is 0 Å². The van der Waals surface area contributed by atoms with Gasteiger partial charge < -0.3 is 4.42 Å². The second kappa shape index (κ2) is 10.4. The van der Waals surface area contributed by atoms with Gasteiger partial charge in [-0.15, -0.1) is 0 Å². The first kappa shape index (κ1) is 27.8. The van der Waals surface area contributed by atoms with E-state index >= 15 is 0 Å². The Morgan fingerprint density at radius 2 is 1.27 bits per heavy atom. The average molecular weight is 630 g/mol. The highest BCUT2D eigenvalue weighted by atomic mass is 16.3. The summed E-state index contributed by atoms with van der Waals surface area (Å²) in [5, 5.41) is 5.39. The number of aromatic nitrogens is 2. The zero-order valence-corrected chi connectivity index (χ0v) is 27.2. The van der Waals surface area contributed by atoms with Gasteiger partial charge in [-0.2, -0.15) is 0 Å². The molecule has 4 heteroatoms. The molecule has 0 atom stereocenters. The van der Waals surface area contributed by atoms with Gasteiger partial charge in [0.1, 0.15) is 11.2 Å². The van der Waals surface area contributed by atoms with Crippen molar-refractivity contribution in [3.63, 3.8) is 0 Å². The van der Waals surface area contributed by atoms with E-state index in [1.807, 2.05) is 12.1 Å². The van der Waals surface area contributed by atoms with Crippen LogP contribution in [0.4, 0.5) is 17.3 Å². The minimum absolute atomic E-state index is 0.137. The second-order valence-electron chi connectivity index (χ2n) is 13.4. The molecule has 4 nitrogen and oxygen atoms in total. The van der Waals surface area contributed by atoms with Crippen molar-refractivity contribution in [2.24, 2.45) is 0 Å². The molecule has 0 amide bonds. The Morgan fingerprint density at radius 1 is 0.531 bits per heavy atom. The van der Waals surface area contributed by atoms with Crippen LogP contribution in [0.2, 0.25) is 0 Å². The van der Waals surface area contributed by atoms with Gasteiger partial charge in [0.15, 0.2) is 0 Å². The molecule has 0 aliphatic heterocycles. The van der Waals surface area contributed by atoms with Crippen molar-refractivity contribution in [1.29, 1.82) is 0 Å². The Labute approximate surface area is 283 Å². The van der Waals surface area contributed by atoms with Crippen LogP contribution in [0.25, 0.3) is 66.0 Å². The molecular weight excluding hydrogens is 599 g/mol. The molecular formula is C45H31N3O. The van der Waals surface area contributed by atoms with E-state index in [9.17, 15) is 0 Å². The highest BCUT2D eigenvalue weighted by molar-refractivity contribution is 6.20. The SMILES string of the molecule is CC1(C)c2ccccc2-c2ccc(N(c3ccccc3)c3nc(-c4cccc5oc6c7ccccc7ccc6c45)c4ccccc4n3)cc21. The van der Waals surface area contributed by atoms with E-state index in [0.717, 1.165) is 66.2 Å². The maximum Gasteiger partial charge on any atom is 0.235 e. The lowest BCUT2D eigenvalue weighted by molar-refractivity contribution is 0.660. The van der Waals surface area contributed by atoms with E-state index < -0.39 is 0 Å². The van der Waals surface area contributed by atoms with Gasteiger partial charge in [-0.05, 0) is 70.1 Å². The van der Waals surface area contributed by atoms with Gasteiger partial charge in [0, 0.05) is 43.9 Å². The fourth-order valence-electron chi connectivity index (χ4n) is 7.91. The van der Waals surface area contributed by atoms with E-state index in [2.05, 4.69) is 158 Å². The Bertz CT molecular complexity index is 2760. The first-order valence-corrected chi connectivity index (χ1v) is 16.8. The molecule has 9 aromatic rings. The number of fused-ring (bicyclic) bond motifs is 9. The molecule has 0 saturated carbocycles. The van der Waals surface area contributed by atoms with Crippen molar-refractivity contribution in [3.8, 4) is 22.4 Å². The van der Waals surface area contributed by atoms with Gasteiger partial charge in [-0.25, -0.2) is 9.97 Å². The lowest BCUT2D eigenvalue weighted by atomic mass is 9.82. The first-order valence-electron chi connectivity index (χ1n) is 16.8. The van der Waals surface area contributed by atoms with Gasteiger partial charge in [0.05, 0.1) is 11.2 Å². The Morgan fingerprint density at radius 3 is 2.16 bits per heavy atom. The van der Waals surface area contributed by atoms with Crippen molar-refractivity contribution >= 4 is 60.9 Å². The van der Waals surface area contributed by atoms with Crippen molar-refractivity contribution in [2.75, 3.05) is 4.90 Å². The fraction of sp³-hybridized carbons (Fsp3) is 0.0667. The predicted octanol–water partition coefficient (Wildman–Crippen LogP) is 12.1. The lowest BCUT2D eigenvalue weighted by Crippen LogP contribution is -2.17. The Hall–Kier alpha value is -6.26. The monoisotopic (exact) mass is 629 g/mol. The third-order valence-electron chi connectivity index (χ3n) is 10.3. The third-order valence-corrected chi connectivity index (χ3v) is 10.3. The zero-order chi connectivity index (χ0) is 32.7. The molecule has 0 unspecified atom stereocenters. The summed E-state index contributed by atoms with van der Waals surface area (Å²) in [6, 6.07) is 53.3. The number of anilines is 3. The van der Waals surface area contributed by atoms with Crippen LogP contribution in [-0.4, -0.2) is 9.97 Å². The molecule has 0 fully saturated rings. The van der Waals surface area contributed by atoms with Crippen molar-refractivity contribution in [3.05, 3.63) is 163 Å². The van der Waals surface area contributed by atoms with Gasteiger partial charge >= 0.3 is 0 Å². The van der Waals surface area contributed by atoms with E-state index in [4.69, 9.17) is 14.4 Å². The van der Waals surface area contributed by atoms with Crippen LogP contribution in [0.5, 0.6) is 0 Å². The number of benzene rings is 7. The number of hydrogen-bond donors (Lipinski definition) is 0. The molecule has 0 spiro atoms. The number of furan rings is 1. The lowest BCUT2D eigenvalue weighted by Gasteiger charge is -2.27. The molecule has 0 saturated heterocycles. The van der Waals surface area contributed by atoms with Gasteiger partial charge in [0.25, 0.3) is 0 Å². The summed E-state index contributed by atoms with van der Waals surface area (Å²) in [7, 11) is 0. The predicted molar refractivity (Wildman–Crippen MR) is 202 cm³/mol. The molecule has 232 valence electrons. The molecule has 0 N–H and O–H groups in total. The van der Waals surface area contributed by atoms with Crippen molar-refractivity contribution in [1.82, 2.24) is 9.97 Å². The Balaban J connectivity index is 1.23. The van der Waals surface area contributed by atoms with Crippen LogP contribution < -0.4 is 4.90 Å². The number of para-hydroxylation sites is 2. The molecule has 7 aromatic carbocycles. The topological polar surface area (TPSA) is 42.2 Å². The molecule has 1 aliphatic carbocycles. The van der Waals surface area contributed by atoms with Crippen molar-refractivity contribution in [2.45, 2.75) is 19.3 Å². The standard InChI is InChI=1S/C45H31N3O/c1-45(2)37-20-10-8-17-32(37)33-26-24-30(27-38(33)45)48(29-14-4-3-5-15-29)44-46-39-21-11-9-18-34(39)42(47-44)35-19-12-22-40-41(35)36-25-23-28-13-6-7-16-31(28)43(36)49-40/h3-27H,1-2H3. The highest BCUT2D eigenvalue weighted by Gasteiger charge is 2.36. The van der Waals surface area contributed by atoms with Crippen LogP contribution in [0.1, 0.15) is 25.0 Å². The van der Waals surface area contributed by atoms with Gasteiger partial charge in [-0.1, -0.05) is 123 Å². The first-order chi connectivity index (χ1) is 24.1. The number of nitrogens with zero attached hydrogens (tertiary/aromatic N) is 3. The van der Waals surface area contributed by atoms with Crippen LogP contribution in [-0.2, 0) is 5.41 Å². The summed E-state index contributed by atoms with van der Waals surface area (Å²) in [5.74, 6) is 0.614. The minimum atomic E-state index is -0.137. The molecule has 10 rings (SSSR count). The summed E-state index contributed by atoms with van der Waals surface area (Å²) < 4.78 is 6.59. The molecule has 2 heterocycles. The number of hydrogen-bond acceptors (Lipinski definition) is 4. The Kier molecular flexibility index (Phi) is 5.89. The summed E-state index contributed by atoms with van der Waals surface area (Å²) >= 11 is 0. The van der Waals surface area contributed by atoms with Crippen LogP contribution in [0, 0.1) is 0 Å². The summed E-state index contributed by atoms with van der Waals surface area (Å²) in [6.07, 6.45) is 0. The van der Waals surface area contributed by atoms with Crippen LogP contribution in [0.15, 0.2) is 156 Å². The molecule has 1 aliphatic rings. The quantitative estimate of drug-likeness (QED) is 0.194. The van der Waals surface area contributed by atoms with Gasteiger partial charge in [-0.3, -0.25) is 4.90 Å². The molecule has 0 bridgehead atoms. The molecule has 0 radical (unpaired) electrons. The maximum atomic E-state index is 6.59. The average Bonchev–Trinajstić information content (AvgIpc) is 3.64. The fourth-order valence-corrected chi connectivity index (χ4v) is 7.91. The normalized spacial score (nSPS) is 13.3. The van der Waals surface area contributed by atoms with Gasteiger partial charge in [0.2, 0.25) is 5.95 Å². The maximum absolute atomic E-state index is 6.59. The van der Waals surface area contributed by atoms with E-state index in [1.54, 1.807) is 0 Å².